The van der Waals surface area contributed by atoms with E-state index in [-0.39, 0.29) is 0 Å². The van der Waals surface area contributed by atoms with Crippen molar-refractivity contribution in [2.24, 2.45) is 5.92 Å². The molecule has 17 heavy (non-hydrogen) atoms. The van der Waals surface area contributed by atoms with Crippen molar-refractivity contribution in [1.29, 1.82) is 0 Å². The Labute approximate surface area is 102 Å². The summed E-state index contributed by atoms with van der Waals surface area (Å²) in [5.41, 5.74) is 0. The van der Waals surface area contributed by atoms with Crippen LogP contribution in [0.15, 0.2) is 25.3 Å². The van der Waals surface area contributed by atoms with Crippen molar-refractivity contribution in [2.45, 2.75) is 20.1 Å². The lowest BCUT2D eigenvalue weighted by atomic mass is 10.1. The van der Waals surface area contributed by atoms with Gasteiger partial charge < -0.3 is 0 Å². The molecule has 0 aliphatic rings. The first-order valence-corrected chi connectivity index (χ1v) is 5.87. The van der Waals surface area contributed by atoms with Gasteiger partial charge >= 0.3 is 0 Å². The Hall–Kier alpha value is -1.47. The van der Waals surface area contributed by atoms with Crippen molar-refractivity contribution >= 4 is 22.8 Å². The molecule has 0 heterocycles. The van der Waals surface area contributed by atoms with Crippen LogP contribution in [0.25, 0.3) is 0 Å². The van der Waals surface area contributed by atoms with Crippen molar-refractivity contribution < 1.29 is 22.2 Å². The summed E-state index contributed by atoms with van der Waals surface area (Å²) in [6.45, 7) is 9.70. The molecule has 1 atom stereocenters. The van der Waals surface area contributed by atoms with E-state index in [0.29, 0.717) is 4.90 Å². The highest BCUT2D eigenvalue weighted by Crippen LogP contribution is 2.14. The van der Waals surface area contributed by atoms with Gasteiger partial charge in [0.15, 0.2) is 6.23 Å². The maximum Gasteiger partial charge on any atom is 0.259 e. The van der Waals surface area contributed by atoms with Crippen LogP contribution >= 0.6 is 0 Å². The van der Waals surface area contributed by atoms with Gasteiger partial charge in [0.25, 0.3) is 22.8 Å². The molecule has 6 nitrogen and oxygen atoms in total. The van der Waals surface area contributed by atoms with E-state index in [4.69, 9.17) is 0 Å². The molecule has 96 valence electrons. The second-order valence-corrected chi connectivity index (χ2v) is 4.08. The second kappa shape index (κ2) is 6.97. The summed E-state index contributed by atoms with van der Waals surface area (Å²) >= 11 is 0. The first kappa shape index (κ1) is 15.5. The van der Waals surface area contributed by atoms with Crippen molar-refractivity contribution in [3.8, 4) is 0 Å². The Kier molecular flexibility index (Phi) is 6.37. The topological polar surface area (TPSA) is 80.8 Å². The fourth-order valence-electron chi connectivity index (χ4n) is 1.11. The minimum Gasteiger partial charge on any atom is -0.269 e. The third-order valence-electron chi connectivity index (χ3n) is 1.84. The lowest BCUT2D eigenvalue weighted by Crippen LogP contribution is -2.47. The molecule has 0 aromatic heterocycles. The Morgan fingerprint density at radius 3 is 1.82 bits per heavy atom. The van der Waals surface area contributed by atoms with Gasteiger partial charge in [0.05, 0.1) is 0 Å². The minimum atomic E-state index is -3.18. The van der Waals surface area contributed by atoms with Crippen LogP contribution in [0.2, 0.25) is 0 Å². The Morgan fingerprint density at radius 2 is 1.59 bits per heavy atom. The van der Waals surface area contributed by atoms with Crippen LogP contribution in [0.1, 0.15) is 13.8 Å². The summed E-state index contributed by atoms with van der Waals surface area (Å²) in [6.07, 6.45) is 0.600. The van der Waals surface area contributed by atoms with E-state index in [0.717, 1.165) is 12.2 Å². The molecule has 0 saturated heterocycles. The first-order chi connectivity index (χ1) is 7.84. The monoisotopic (exact) mass is 261 g/mol. The summed E-state index contributed by atoms with van der Waals surface area (Å²) in [5, 5.41) is 0. The summed E-state index contributed by atoms with van der Waals surface area (Å²) < 4.78 is 25.7. The molecule has 1 unspecified atom stereocenters. The summed E-state index contributed by atoms with van der Waals surface area (Å²) in [5.74, 6) is -1.88. The van der Waals surface area contributed by atoms with Gasteiger partial charge in [-0.2, -0.15) is 0 Å². The van der Waals surface area contributed by atoms with Gasteiger partial charge in [-0.25, -0.2) is 17.5 Å². The number of amides is 2. The van der Waals surface area contributed by atoms with E-state index in [1.54, 1.807) is 13.8 Å². The molecule has 0 fully saturated rings. The van der Waals surface area contributed by atoms with Gasteiger partial charge in [0.2, 0.25) is 0 Å². The lowest BCUT2D eigenvalue weighted by molar-refractivity contribution is -0.149. The van der Waals surface area contributed by atoms with Crippen LogP contribution in [0.5, 0.6) is 0 Å². The Morgan fingerprint density at radius 1 is 1.18 bits per heavy atom. The van der Waals surface area contributed by atoms with Gasteiger partial charge in [-0.05, 0) is 12.2 Å². The van der Waals surface area contributed by atoms with Gasteiger partial charge in [-0.1, -0.05) is 27.0 Å². The fraction of sp³-hybridized carbons (Fsp3) is 0.400. The third-order valence-corrected chi connectivity index (χ3v) is 2.23. The molecule has 7 heteroatoms. The number of carbonyl (C=O) groups excluding carboxylic acids is 2. The molecule has 0 aliphatic heterocycles. The number of rotatable bonds is 6. The van der Waals surface area contributed by atoms with E-state index in [1.807, 2.05) is 0 Å². The normalized spacial score (nSPS) is 12.2. The van der Waals surface area contributed by atoms with E-state index in [1.165, 1.54) is 0 Å². The van der Waals surface area contributed by atoms with Crippen LogP contribution < -0.4 is 0 Å². The molecule has 0 aliphatic carbocycles. The van der Waals surface area contributed by atoms with E-state index in [9.17, 15) is 18.0 Å². The Balaban J connectivity index is 5.34. The average Bonchev–Trinajstić information content (AvgIpc) is 2.26. The number of carbonyl (C=O) groups is 2. The van der Waals surface area contributed by atoms with Crippen LogP contribution in [0, 0.1) is 5.92 Å². The fourth-order valence-corrected chi connectivity index (χ4v) is 1.63. The van der Waals surface area contributed by atoms with Crippen LogP contribution in [-0.4, -0.2) is 31.4 Å². The quantitative estimate of drug-likeness (QED) is 0.421. The molecule has 2 amide bonds. The third kappa shape index (κ3) is 4.49. The van der Waals surface area contributed by atoms with Crippen LogP contribution in [0.4, 0.5) is 0 Å². The van der Waals surface area contributed by atoms with E-state index >= 15 is 0 Å². The smallest absolute Gasteiger partial charge is 0.259 e. The number of imide groups is 1. The van der Waals surface area contributed by atoms with E-state index in [2.05, 4.69) is 17.3 Å². The van der Waals surface area contributed by atoms with Gasteiger partial charge in [-0.3, -0.25) is 9.59 Å². The molecule has 0 rings (SSSR count). The molecule has 0 aromatic carbocycles. The zero-order valence-corrected chi connectivity index (χ0v) is 10.6. The van der Waals surface area contributed by atoms with Gasteiger partial charge in [-0.15, -0.1) is 0 Å². The first-order valence-electron chi connectivity index (χ1n) is 4.78. The van der Waals surface area contributed by atoms with E-state index < -0.39 is 34.9 Å². The molecule has 0 spiro atoms. The zero-order valence-electron chi connectivity index (χ0n) is 9.66. The minimum absolute atomic E-state index is 0.393. The largest absolute Gasteiger partial charge is 0.269 e. The Bertz CT molecular complexity index is 372. The summed E-state index contributed by atoms with van der Waals surface area (Å²) in [6, 6.07) is 0. The van der Waals surface area contributed by atoms with Crippen molar-refractivity contribution in [3.05, 3.63) is 25.3 Å². The highest BCUT2D eigenvalue weighted by atomic mass is 32.2. The maximum atomic E-state index is 11.5. The molecule has 0 bridgehead atoms. The van der Waals surface area contributed by atoms with Crippen molar-refractivity contribution in [3.63, 3.8) is 0 Å². The zero-order chi connectivity index (χ0) is 13.6. The highest BCUT2D eigenvalue weighted by Gasteiger charge is 2.30. The number of hydrogen-bond acceptors (Lipinski definition) is 5. The number of thiol groups is 1. The molecular weight excluding hydrogens is 246 g/mol. The lowest BCUT2D eigenvalue weighted by Gasteiger charge is -2.28. The molecule has 0 radical (unpaired) electrons. The van der Waals surface area contributed by atoms with Crippen LogP contribution in [0.3, 0.4) is 0 Å². The molecule has 0 aromatic rings. The average molecular weight is 261 g/mol. The number of nitrogens with zero attached hydrogens (tertiary/aromatic N) is 1. The summed E-state index contributed by atoms with van der Waals surface area (Å²) in [7, 11) is -3.18. The van der Waals surface area contributed by atoms with Gasteiger partial charge in [0.1, 0.15) is 0 Å². The van der Waals surface area contributed by atoms with Crippen molar-refractivity contribution in [1.82, 2.24) is 4.90 Å². The second-order valence-electron chi connectivity index (χ2n) is 3.42. The predicted molar refractivity (Wildman–Crippen MR) is 62.3 cm³/mol. The van der Waals surface area contributed by atoms with Crippen LogP contribution in [-0.2, 0) is 24.8 Å². The number of hydrogen-bond donors (Lipinski definition) is 1. The maximum absolute atomic E-state index is 11.5. The predicted octanol–water partition coefficient (Wildman–Crippen LogP) is 0.239. The highest BCUT2D eigenvalue weighted by molar-refractivity contribution is 7.67. The summed E-state index contributed by atoms with van der Waals surface area (Å²) in [4.78, 5) is 23.7. The van der Waals surface area contributed by atoms with Gasteiger partial charge in [0, 0.05) is 5.92 Å². The molecule has 0 N–H and O–H groups in total. The molecular formula is C10H15NO5S. The molecule has 0 saturated carbocycles. The SMILES string of the molecule is C=CC(=O)N(C(=O)C=C)C(O[SH](=O)=O)C(C)C. The standard InChI is InChI=1S/C10H15NO5S/c1-5-8(12)11(9(13)6-2)10(7(3)4)16-17(14)15/h5-7,10,17H,1-2H2,3-4H3. The van der Waals surface area contributed by atoms with Crippen molar-refractivity contribution in [2.75, 3.05) is 0 Å².